The molecule has 1 atom stereocenters. The Morgan fingerprint density at radius 2 is 1.84 bits per heavy atom. The molecule has 0 fully saturated rings. The van der Waals surface area contributed by atoms with E-state index < -0.39 is 6.04 Å². The molecule has 0 saturated heterocycles. The van der Waals surface area contributed by atoms with Crippen LogP contribution in [0.5, 0.6) is 0 Å². The van der Waals surface area contributed by atoms with Gasteiger partial charge < -0.3 is 4.74 Å². The number of esters is 1. The Kier molecular flexibility index (Phi) is 5.23. The third kappa shape index (κ3) is 4.12. The van der Waals surface area contributed by atoms with Crippen molar-refractivity contribution in [3.05, 3.63) is 71.9 Å². The number of carbonyl (C=O) groups is 1. The Bertz CT molecular complexity index is 826. The average Bonchev–Trinajstić information content (AvgIpc) is 3.12. The van der Waals surface area contributed by atoms with Crippen molar-refractivity contribution in [3.8, 4) is 11.3 Å². The van der Waals surface area contributed by atoms with E-state index in [4.69, 9.17) is 4.74 Å². The summed E-state index contributed by atoms with van der Waals surface area (Å²) in [7, 11) is 0. The molecule has 3 aromatic rings. The molecular formula is C20H21N3O2. The SMILES string of the molecule is CCOC(=O)C(Cc1ccc(C)cc1)n1cc(-c2ccccc2)nn1. The molecule has 0 bridgehead atoms. The topological polar surface area (TPSA) is 57.0 Å². The number of rotatable bonds is 6. The minimum atomic E-state index is -0.535. The van der Waals surface area contributed by atoms with E-state index in [2.05, 4.69) is 10.3 Å². The first kappa shape index (κ1) is 16.9. The van der Waals surface area contributed by atoms with Crippen LogP contribution in [0, 0.1) is 6.92 Å². The highest BCUT2D eigenvalue weighted by atomic mass is 16.5. The number of benzene rings is 2. The zero-order chi connectivity index (χ0) is 17.6. The van der Waals surface area contributed by atoms with Crippen LogP contribution in [-0.4, -0.2) is 27.6 Å². The number of nitrogens with zero attached hydrogens (tertiary/aromatic N) is 3. The first-order valence-electron chi connectivity index (χ1n) is 8.37. The van der Waals surface area contributed by atoms with Crippen LogP contribution in [0.15, 0.2) is 60.8 Å². The lowest BCUT2D eigenvalue weighted by atomic mass is 10.0. The lowest BCUT2D eigenvalue weighted by Gasteiger charge is -2.15. The monoisotopic (exact) mass is 335 g/mol. The molecule has 0 N–H and O–H groups in total. The Morgan fingerprint density at radius 3 is 2.52 bits per heavy atom. The van der Waals surface area contributed by atoms with Crippen LogP contribution in [0.1, 0.15) is 24.1 Å². The summed E-state index contributed by atoms with van der Waals surface area (Å²) in [6, 6.07) is 17.4. The van der Waals surface area contributed by atoms with Gasteiger partial charge in [0.05, 0.1) is 12.8 Å². The van der Waals surface area contributed by atoms with E-state index in [1.165, 1.54) is 5.56 Å². The number of carbonyl (C=O) groups excluding carboxylic acids is 1. The Morgan fingerprint density at radius 1 is 1.12 bits per heavy atom. The van der Waals surface area contributed by atoms with Crippen LogP contribution in [0.25, 0.3) is 11.3 Å². The van der Waals surface area contributed by atoms with Gasteiger partial charge >= 0.3 is 5.97 Å². The van der Waals surface area contributed by atoms with Gasteiger partial charge in [0, 0.05) is 12.0 Å². The van der Waals surface area contributed by atoms with Crippen molar-refractivity contribution in [1.29, 1.82) is 0 Å². The lowest BCUT2D eigenvalue weighted by molar-refractivity contribution is -0.147. The fourth-order valence-corrected chi connectivity index (χ4v) is 2.64. The summed E-state index contributed by atoms with van der Waals surface area (Å²) in [5.74, 6) is -0.299. The average molecular weight is 335 g/mol. The highest BCUT2D eigenvalue weighted by molar-refractivity contribution is 5.74. The summed E-state index contributed by atoms with van der Waals surface area (Å²) >= 11 is 0. The predicted molar refractivity (Wildman–Crippen MR) is 96.0 cm³/mol. The number of hydrogen-bond acceptors (Lipinski definition) is 4. The van der Waals surface area contributed by atoms with Gasteiger partial charge in [0.2, 0.25) is 0 Å². The largest absolute Gasteiger partial charge is 0.464 e. The van der Waals surface area contributed by atoms with Crippen LogP contribution >= 0.6 is 0 Å². The lowest BCUT2D eigenvalue weighted by Crippen LogP contribution is -2.24. The van der Waals surface area contributed by atoms with Crippen LogP contribution < -0.4 is 0 Å². The summed E-state index contributed by atoms with van der Waals surface area (Å²) in [5, 5.41) is 8.39. The fraction of sp³-hybridized carbons (Fsp3) is 0.250. The first-order valence-corrected chi connectivity index (χ1v) is 8.37. The summed E-state index contributed by atoms with van der Waals surface area (Å²) in [5.41, 5.74) is 3.94. The third-order valence-corrected chi connectivity index (χ3v) is 4.01. The normalized spacial score (nSPS) is 11.9. The van der Waals surface area contributed by atoms with Gasteiger partial charge in [-0.25, -0.2) is 9.48 Å². The molecule has 0 aliphatic carbocycles. The molecule has 1 heterocycles. The van der Waals surface area contributed by atoms with E-state index in [0.29, 0.717) is 13.0 Å². The van der Waals surface area contributed by atoms with Crippen molar-refractivity contribution in [3.63, 3.8) is 0 Å². The minimum absolute atomic E-state index is 0.299. The van der Waals surface area contributed by atoms with Crippen molar-refractivity contribution in [2.45, 2.75) is 26.3 Å². The highest BCUT2D eigenvalue weighted by Crippen LogP contribution is 2.20. The highest BCUT2D eigenvalue weighted by Gasteiger charge is 2.24. The van der Waals surface area contributed by atoms with Gasteiger partial charge in [0.15, 0.2) is 6.04 Å². The van der Waals surface area contributed by atoms with E-state index in [0.717, 1.165) is 16.8 Å². The van der Waals surface area contributed by atoms with Crippen molar-refractivity contribution < 1.29 is 9.53 Å². The molecule has 1 unspecified atom stereocenters. The van der Waals surface area contributed by atoms with Gasteiger partial charge in [0.1, 0.15) is 5.69 Å². The summed E-state index contributed by atoms with van der Waals surface area (Å²) in [6.07, 6.45) is 2.31. The van der Waals surface area contributed by atoms with Crippen molar-refractivity contribution in [1.82, 2.24) is 15.0 Å². The molecule has 0 aliphatic heterocycles. The first-order chi connectivity index (χ1) is 12.2. The molecule has 128 valence electrons. The van der Waals surface area contributed by atoms with Crippen molar-refractivity contribution >= 4 is 5.97 Å². The van der Waals surface area contributed by atoms with Gasteiger partial charge in [-0.15, -0.1) is 5.10 Å². The third-order valence-electron chi connectivity index (χ3n) is 4.01. The van der Waals surface area contributed by atoms with Gasteiger partial charge in [-0.2, -0.15) is 0 Å². The van der Waals surface area contributed by atoms with E-state index in [9.17, 15) is 4.79 Å². The summed E-state index contributed by atoms with van der Waals surface area (Å²) in [6.45, 7) is 4.18. The molecule has 0 amide bonds. The second-order valence-electron chi connectivity index (χ2n) is 5.91. The number of aromatic nitrogens is 3. The van der Waals surface area contributed by atoms with Crippen molar-refractivity contribution in [2.75, 3.05) is 6.61 Å². The van der Waals surface area contributed by atoms with Crippen LogP contribution in [0.3, 0.4) is 0 Å². The maximum absolute atomic E-state index is 12.4. The van der Waals surface area contributed by atoms with Crippen LogP contribution in [0.4, 0.5) is 0 Å². The van der Waals surface area contributed by atoms with Gasteiger partial charge in [0.25, 0.3) is 0 Å². The molecule has 0 radical (unpaired) electrons. The Balaban J connectivity index is 1.88. The second-order valence-corrected chi connectivity index (χ2v) is 5.91. The van der Waals surface area contributed by atoms with Crippen LogP contribution in [-0.2, 0) is 16.0 Å². The quantitative estimate of drug-likeness (QED) is 0.646. The Labute approximate surface area is 147 Å². The molecule has 5 heteroatoms. The number of ether oxygens (including phenoxy) is 1. The van der Waals surface area contributed by atoms with Gasteiger partial charge in [-0.3, -0.25) is 0 Å². The molecule has 25 heavy (non-hydrogen) atoms. The minimum Gasteiger partial charge on any atom is -0.464 e. The molecular weight excluding hydrogens is 314 g/mol. The molecule has 3 rings (SSSR count). The summed E-state index contributed by atoms with van der Waals surface area (Å²) in [4.78, 5) is 12.4. The molecule has 5 nitrogen and oxygen atoms in total. The molecule has 1 aromatic heterocycles. The van der Waals surface area contributed by atoms with Crippen LogP contribution in [0.2, 0.25) is 0 Å². The van der Waals surface area contributed by atoms with E-state index in [-0.39, 0.29) is 5.97 Å². The van der Waals surface area contributed by atoms with E-state index in [1.54, 1.807) is 17.8 Å². The maximum Gasteiger partial charge on any atom is 0.331 e. The maximum atomic E-state index is 12.4. The summed E-state index contributed by atoms with van der Waals surface area (Å²) < 4.78 is 6.84. The number of aryl methyl sites for hydroxylation is 1. The molecule has 0 spiro atoms. The smallest absolute Gasteiger partial charge is 0.331 e. The fourth-order valence-electron chi connectivity index (χ4n) is 2.64. The molecule has 2 aromatic carbocycles. The van der Waals surface area contributed by atoms with Gasteiger partial charge in [-0.05, 0) is 19.4 Å². The zero-order valence-electron chi connectivity index (χ0n) is 14.4. The van der Waals surface area contributed by atoms with E-state index in [1.807, 2.05) is 61.5 Å². The second kappa shape index (κ2) is 7.75. The standard InChI is InChI=1S/C20H21N3O2/c1-3-25-20(24)19(13-16-11-9-15(2)10-12-16)23-14-18(21-22-23)17-7-5-4-6-8-17/h4-12,14,19H,3,13H2,1-2H3. The Hall–Kier alpha value is -2.95. The molecule has 0 aliphatic rings. The number of hydrogen-bond donors (Lipinski definition) is 0. The molecule has 0 saturated carbocycles. The predicted octanol–water partition coefficient (Wildman–Crippen LogP) is 3.60. The van der Waals surface area contributed by atoms with Crippen molar-refractivity contribution in [2.24, 2.45) is 0 Å². The van der Waals surface area contributed by atoms with E-state index >= 15 is 0 Å². The zero-order valence-corrected chi connectivity index (χ0v) is 14.4. The van der Waals surface area contributed by atoms with Gasteiger partial charge in [-0.1, -0.05) is 65.4 Å².